The number of aromatic nitrogens is 1. The average Bonchev–Trinajstić information content (AvgIpc) is 3.57. The van der Waals surface area contributed by atoms with Gasteiger partial charge in [0.15, 0.2) is 5.78 Å². The summed E-state index contributed by atoms with van der Waals surface area (Å²) < 4.78 is 0. The molecule has 0 saturated carbocycles. The number of hydrogen-bond donors (Lipinski definition) is 1. The van der Waals surface area contributed by atoms with Gasteiger partial charge in [0.25, 0.3) is 0 Å². The van der Waals surface area contributed by atoms with Crippen molar-refractivity contribution in [1.82, 2.24) is 4.98 Å². The van der Waals surface area contributed by atoms with Crippen LogP contribution in [-0.4, -0.2) is 21.8 Å². The smallest absolute Gasteiger partial charge is 0.346 e. The molecule has 0 saturated heterocycles. The van der Waals surface area contributed by atoms with Gasteiger partial charge in [-0.2, -0.15) is 0 Å². The number of carbonyl (C=O) groups is 2. The number of carboxylic acid groups (broad SMARTS) is 1. The number of hydrogen-bond acceptors (Lipinski definition) is 5. The highest BCUT2D eigenvalue weighted by Gasteiger charge is 2.17. The molecule has 2 aromatic heterocycles. The third kappa shape index (κ3) is 7.13. The number of allylic oxidation sites excluding steroid dienone is 2. The van der Waals surface area contributed by atoms with Crippen LogP contribution in [0.5, 0.6) is 0 Å². The highest BCUT2D eigenvalue weighted by atomic mass is 32.1. The van der Waals surface area contributed by atoms with Crippen molar-refractivity contribution < 1.29 is 14.7 Å². The molecule has 4 rings (SSSR count). The SMILES string of the molecule is CCCC(=O)/C=C(\CCc1cc(-c2ccc(C#Cc3cscn3)cc2)sc1C(=O)O)c1ccc(C)cc1. The zero-order valence-corrected chi connectivity index (χ0v) is 22.4. The van der Waals surface area contributed by atoms with Gasteiger partial charge >= 0.3 is 5.97 Å². The number of rotatable bonds is 9. The Balaban J connectivity index is 1.56. The number of carboxylic acids is 1. The molecule has 37 heavy (non-hydrogen) atoms. The van der Waals surface area contributed by atoms with Gasteiger partial charge in [0, 0.05) is 22.2 Å². The third-order valence-electron chi connectivity index (χ3n) is 5.86. The zero-order valence-electron chi connectivity index (χ0n) is 20.8. The molecule has 0 amide bonds. The molecule has 0 unspecified atom stereocenters. The van der Waals surface area contributed by atoms with Gasteiger partial charge in [-0.25, -0.2) is 9.78 Å². The number of aryl methyl sites for hydroxylation is 2. The fourth-order valence-electron chi connectivity index (χ4n) is 3.92. The molecular formula is C31H27NO3S2. The van der Waals surface area contributed by atoms with Crippen molar-refractivity contribution in [3.05, 3.63) is 104 Å². The summed E-state index contributed by atoms with van der Waals surface area (Å²) in [7, 11) is 0. The summed E-state index contributed by atoms with van der Waals surface area (Å²) in [4.78, 5) is 29.9. The van der Waals surface area contributed by atoms with E-state index in [1.54, 1.807) is 11.6 Å². The van der Waals surface area contributed by atoms with Crippen LogP contribution in [0.15, 0.2) is 71.6 Å². The van der Waals surface area contributed by atoms with E-state index in [0.717, 1.165) is 50.4 Å². The van der Waals surface area contributed by atoms with Gasteiger partial charge in [-0.05, 0) is 78.6 Å². The van der Waals surface area contributed by atoms with E-state index in [0.29, 0.717) is 24.1 Å². The van der Waals surface area contributed by atoms with E-state index >= 15 is 0 Å². The summed E-state index contributed by atoms with van der Waals surface area (Å²) in [6.45, 7) is 4.02. The van der Waals surface area contributed by atoms with Gasteiger partial charge in [0.1, 0.15) is 10.6 Å². The predicted molar refractivity (Wildman–Crippen MR) is 152 cm³/mol. The molecule has 1 N–H and O–H groups in total. The van der Waals surface area contributed by atoms with Gasteiger partial charge in [0.05, 0.1) is 5.51 Å². The Morgan fingerprint density at radius 1 is 1.03 bits per heavy atom. The van der Waals surface area contributed by atoms with Crippen LogP contribution in [0.2, 0.25) is 0 Å². The lowest BCUT2D eigenvalue weighted by molar-refractivity contribution is -0.114. The Morgan fingerprint density at radius 2 is 1.78 bits per heavy atom. The number of aromatic carboxylic acids is 1. The van der Waals surface area contributed by atoms with E-state index in [9.17, 15) is 14.7 Å². The number of benzene rings is 2. The minimum absolute atomic E-state index is 0.0977. The minimum Gasteiger partial charge on any atom is -0.477 e. The van der Waals surface area contributed by atoms with E-state index in [4.69, 9.17) is 0 Å². The number of ketones is 1. The fraction of sp³-hybridized carbons (Fsp3) is 0.194. The van der Waals surface area contributed by atoms with Crippen molar-refractivity contribution in [2.24, 2.45) is 0 Å². The molecule has 0 atom stereocenters. The summed E-state index contributed by atoms with van der Waals surface area (Å²) in [6.07, 6.45) is 4.15. The number of thiazole rings is 1. The molecule has 0 fully saturated rings. The van der Waals surface area contributed by atoms with Gasteiger partial charge in [-0.1, -0.05) is 54.8 Å². The summed E-state index contributed by atoms with van der Waals surface area (Å²) in [5.74, 6) is 5.31. The zero-order chi connectivity index (χ0) is 26.2. The molecule has 0 aliphatic heterocycles. The molecule has 0 aliphatic carbocycles. The number of carbonyl (C=O) groups excluding carboxylic acids is 1. The lowest BCUT2D eigenvalue weighted by Crippen LogP contribution is -2.00. The molecule has 2 aromatic carbocycles. The molecule has 0 aliphatic rings. The Kier molecular flexibility index (Phi) is 8.84. The van der Waals surface area contributed by atoms with Crippen molar-refractivity contribution in [3.8, 4) is 22.3 Å². The largest absolute Gasteiger partial charge is 0.477 e. The Morgan fingerprint density at radius 3 is 2.43 bits per heavy atom. The second-order valence-corrected chi connectivity index (χ2v) is 10.5. The topological polar surface area (TPSA) is 67.3 Å². The first kappa shape index (κ1) is 26.3. The lowest BCUT2D eigenvalue weighted by atomic mass is 9.95. The van der Waals surface area contributed by atoms with Crippen molar-refractivity contribution >= 4 is 40.0 Å². The Bertz CT molecular complexity index is 1470. The normalized spacial score (nSPS) is 11.1. The molecule has 4 aromatic rings. The van der Waals surface area contributed by atoms with Gasteiger partial charge in [-0.3, -0.25) is 4.79 Å². The fourth-order valence-corrected chi connectivity index (χ4v) is 5.45. The van der Waals surface area contributed by atoms with Crippen LogP contribution in [0.25, 0.3) is 16.0 Å². The first-order valence-corrected chi connectivity index (χ1v) is 13.9. The van der Waals surface area contributed by atoms with Gasteiger partial charge < -0.3 is 5.11 Å². The number of thiophene rings is 1. The van der Waals surface area contributed by atoms with E-state index < -0.39 is 5.97 Å². The van der Waals surface area contributed by atoms with Crippen LogP contribution >= 0.6 is 22.7 Å². The molecular weight excluding hydrogens is 498 g/mol. The molecule has 2 heterocycles. The average molecular weight is 526 g/mol. The standard InChI is InChI=1S/C31H27NO3S2/c1-3-4-28(33)17-25(23-10-5-21(2)6-11-23)14-15-26-18-29(37-30(26)31(34)35)24-12-7-22(8-13-24)9-16-27-19-36-20-32-27/h5-8,10-13,17-20H,3-4,14-15H2,1-2H3,(H,34,35)/b25-17+. The summed E-state index contributed by atoms with van der Waals surface area (Å²) >= 11 is 2.79. The Labute approximate surface area is 225 Å². The summed E-state index contributed by atoms with van der Waals surface area (Å²) in [5.41, 5.74) is 8.19. The maximum absolute atomic E-state index is 12.4. The monoisotopic (exact) mass is 525 g/mol. The highest BCUT2D eigenvalue weighted by Crippen LogP contribution is 2.34. The molecule has 0 bridgehead atoms. The Hall–Kier alpha value is -3.79. The van der Waals surface area contributed by atoms with E-state index in [2.05, 4.69) is 16.8 Å². The van der Waals surface area contributed by atoms with Crippen LogP contribution in [0.1, 0.15) is 63.8 Å². The summed E-state index contributed by atoms with van der Waals surface area (Å²) in [6, 6.07) is 17.9. The van der Waals surface area contributed by atoms with Gasteiger partial charge in [0.2, 0.25) is 0 Å². The second kappa shape index (κ2) is 12.4. The van der Waals surface area contributed by atoms with E-state index in [1.807, 2.05) is 73.8 Å². The third-order valence-corrected chi connectivity index (χ3v) is 7.66. The molecule has 6 heteroatoms. The second-order valence-electron chi connectivity index (χ2n) is 8.72. The first-order valence-electron chi connectivity index (χ1n) is 12.1. The molecule has 4 nitrogen and oxygen atoms in total. The van der Waals surface area contributed by atoms with Crippen LogP contribution in [0.4, 0.5) is 0 Å². The minimum atomic E-state index is -0.931. The van der Waals surface area contributed by atoms with E-state index in [-0.39, 0.29) is 5.78 Å². The van der Waals surface area contributed by atoms with Crippen molar-refractivity contribution in [1.29, 1.82) is 0 Å². The van der Waals surface area contributed by atoms with Gasteiger partial charge in [-0.15, -0.1) is 22.7 Å². The molecule has 0 spiro atoms. The molecule has 0 radical (unpaired) electrons. The number of nitrogens with zero attached hydrogens (tertiary/aromatic N) is 1. The highest BCUT2D eigenvalue weighted by molar-refractivity contribution is 7.17. The first-order chi connectivity index (χ1) is 17.9. The van der Waals surface area contributed by atoms with Crippen LogP contribution in [0.3, 0.4) is 0 Å². The van der Waals surface area contributed by atoms with Crippen LogP contribution < -0.4 is 0 Å². The quantitative estimate of drug-likeness (QED) is 0.180. The van der Waals surface area contributed by atoms with Crippen molar-refractivity contribution in [2.45, 2.75) is 39.5 Å². The van der Waals surface area contributed by atoms with Crippen LogP contribution in [-0.2, 0) is 11.2 Å². The lowest BCUT2D eigenvalue weighted by Gasteiger charge is -2.09. The maximum Gasteiger partial charge on any atom is 0.346 e. The van der Waals surface area contributed by atoms with Crippen molar-refractivity contribution in [2.75, 3.05) is 0 Å². The predicted octanol–water partition coefficient (Wildman–Crippen LogP) is 7.66. The van der Waals surface area contributed by atoms with Crippen molar-refractivity contribution in [3.63, 3.8) is 0 Å². The maximum atomic E-state index is 12.4. The van der Waals surface area contributed by atoms with Crippen LogP contribution in [0, 0.1) is 18.8 Å². The summed E-state index contributed by atoms with van der Waals surface area (Å²) in [5, 5.41) is 11.8. The molecule has 186 valence electrons. The van der Waals surface area contributed by atoms with E-state index in [1.165, 1.54) is 22.7 Å².